The zero-order chi connectivity index (χ0) is 30.5. The van der Waals surface area contributed by atoms with E-state index in [9.17, 15) is 40.6 Å². The fourth-order valence-corrected chi connectivity index (χ4v) is 4.08. The summed E-state index contributed by atoms with van der Waals surface area (Å²) in [5.41, 5.74) is -1.16. The van der Waals surface area contributed by atoms with Crippen LogP contribution < -0.4 is 4.90 Å². The maximum Gasteiger partial charge on any atom is 0.416 e. The van der Waals surface area contributed by atoms with Crippen molar-refractivity contribution in [2.45, 2.75) is 25.8 Å². The maximum atomic E-state index is 13.4. The van der Waals surface area contributed by atoms with Crippen molar-refractivity contribution in [3.8, 4) is 11.3 Å². The van der Waals surface area contributed by atoms with Crippen LogP contribution in [0.1, 0.15) is 32.6 Å². The number of aromatic nitrogens is 2. The van der Waals surface area contributed by atoms with Crippen molar-refractivity contribution in [3.63, 3.8) is 0 Å². The van der Waals surface area contributed by atoms with Gasteiger partial charge in [0.25, 0.3) is 0 Å². The fourth-order valence-electron chi connectivity index (χ4n) is 4.08. The van der Waals surface area contributed by atoms with Crippen LogP contribution in [0.15, 0.2) is 42.6 Å². The molecule has 0 bridgehead atoms. The van der Waals surface area contributed by atoms with Gasteiger partial charge in [-0.1, -0.05) is 5.56 Å². The van der Waals surface area contributed by atoms with Crippen LogP contribution in [0.3, 0.4) is 0 Å². The van der Waals surface area contributed by atoms with Gasteiger partial charge in [0.1, 0.15) is 11.4 Å². The second-order valence-corrected chi connectivity index (χ2v) is 9.38. The van der Waals surface area contributed by atoms with Crippen LogP contribution in [0, 0.1) is 12.7 Å². The van der Waals surface area contributed by atoms with Crippen LogP contribution in [0.4, 0.5) is 36.7 Å². The molecule has 1 saturated heterocycles. The SMILES string of the molecule is C[N-]Cc1cc(C(F)(F)F)cc(C(F)(F)F)c1.Cc1cc(F)ccc1-c1nc(N2CCN(C)CC2)ncc1C(=O)O. The molecular weight excluding hydrogens is 559 g/mol. The predicted molar refractivity (Wildman–Crippen MR) is 138 cm³/mol. The standard InChI is InChI=1S/C17H19FN4O2.C10H8F6N/c1-11-9-12(18)3-4-13(11)15-14(16(23)24)10-19-17(20-15)22-7-5-21(2)6-8-22;1-17-5-6-2-7(9(11,12)13)4-8(3-6)10(14,15)16/h3-4,9-10H,5-8H2,1-2H3,(H,23,24);2-4H,5H2,1H3/q;-1. The van der Waals surface area contributed by atoms with Gasteiger partial charge in [0.05, 0.1) is 16.8 Å². The van der Waals surface area contributed by atoms with E-state index in [-0.39, 0.29) is 29.6 Å². The molecule has 1 aliphatic heterocycles. The highest BCUT2D eigenvalue weighted by Gasteiger charge is 2.36. The Balaban J connectivity index is 0.000000241. The number of alkyl halides is 6. The van der Waals surface area contributed by atoms with Gasteiger partial charge in [-0.15, -0.1) is 6.54 Å². The normalized spacial score (nSPS) is 14.4. The van der Waals surface area contributed by atoms with E-state index >= 15 is 0 Å². The molecule has 0 aliphatic carbocycles. The Labute approximate surface area is 231 Å². The van der Waals surface area contributed by atoms with Crippen molar-refractivity contribution in [1.82, 2.24) is 14.9 Å². The van der Waals surface area contributed by atoms with E-state index in [0.29, 0.717) is 34.9 Å². The van der Waals surface area contributed by atoms with Crippen LogP contribution in [0.5, 0.6) is 0 Å². The number of anilines is 1. The number of likely N-dealkylation sites (N-methyl/N-ethyl adjacent to an activating group) is 1. The molecule has 0 amide bonds. The molecule has 1 aromatic heterocycles. The molecule has 7 nitrogen and oxygen atoms in total. The van der Waals surface area contributed by atoms with Crippen LogP contribution in [-0.2, 0) is 18.9 Å². The summed E-state index contributed by atoms with van der Waals surface area (Å²) in [6, 6.07) is 5.68. The van der Waals surface area contributed by atoms with Crippen LogP contribution >= 0.6 is 0 Å². The number of nitrogens with zero attached hydrogens (tertiary/aromatic N) is 5. The topological polar surface area (TPSA) is 83.7 Å². The molecule has 14 heteroatoms. The van der Waals surface area contributed by atoms with E-state index in [1.807, 2.05) is 4.90 Å². The van der Waals surface area contributed by atoms with Crippen molar-refractivity contribution in [1.29, 1.82) is 0 Å². The van der Waals surface area contributed by atoms with Gasteiger partial charge >= 0.3 is 18.3 Å². The Bertz CT molecular complexity index is 1340. The Hall–Kier alpha value is -3.78. The molecule has 3 aromatic rings. The summed E-state index contributed by atoms with van der Waals surface area (Å²) in [4.78, 5) is 24.5. The number of rotatable bonds is 5. The van der Waals surface area contributed by atoms with Gasteiger partial charge < -0.3 is 20.2 Å². The second-order valence-electron chi connectivity index (χ2n) is 9.38. The average molecular weight is 587 g/mol. The Morgan fingerprint density at radius 2 is 1.56 bits per heavy atom. The zero-order valence-electron chi connectivity index (χ0n) is 22.3. The largest absolute Gasteiger partial charge is 0.661 e. The monoisotopic (exact) mass is 586 g/mol. The first-order valence-corrected chi connectivity index (χ1v) is 12.2. The average Bonchev–Trinajstić information content (AvgIpc) is 2.88. The van der Waals surface area contributed by atoms with E-state index in [4.69, 9.17) is 0 Å². The Morgan fingerprint density at radius 3 is 2.05 bits per heavy atom. The molecular formula is C27H27F7N5O2-. The number of piperazine rings is 1. The first-order valence-electron chi connectivity index (χ1n) is 12.2. The lowest BCUT2D eigenvalue weighted by Gasteiger charge is -2.32. The number of carboxylic acid groups (broad SMARTS) is 1. The summed E-state index contributed by atoms with van der Waals surface area (Å²) in [5.74, 6) is -0.952. The third-order valence-electron chi connectivity index (χ3n) is 6.22. The summed E-state index contributed by atoms with van der Waals surface area (Å²) >= 11 is 0. The minimum Gasteiger partial charge on any atom is -0.661 e. The van der Waals surface area contributed by atoms with Crippen molar-refractivity contribution >= 4 is 11.9 Å². The van der Waals surface area contributed by atoms with Gasteiger partial charge in [0.2, 0.25) is 5.95 Å². The summed E-state index contributed by atoms with van der Waals surface area (Å²) in [6.45, 7) is 4.91. The number of halogens is 7. The fraction of sp³-hybridized carbons (Fsp3) is 0.370. The van der Waals surface area contributed by atoms with E-state index in [1.54, 1.807) is 13.0 Å². The van der Waals surface area contributed by atoms with Gasteiger partial charge in [0.15, 0.2) is 0 Å². The quantitative estimate of drug-likeness (QED) is 0.355. The van der Waals surface area contributed by atoms with Gasteiger partial charge in [-0.2, -0.15) is 33.4 Å². The smallest absolute Gasteiger partial charge is 0.416 e. The van der Waals surface area contributed by atoms with Crippen molar-refractivity contribution in [2.24, 2.45) is 0 Å². The molecule has 41 heavy (non-hydrogen) atoms. The summed E-state index contributed by atoms with van der Waals surface area (Å²) in [6.07, 6.45) is -8.27. The van der Waals surface area contributed by atoms with Gasteiger partial charge in [-0.25, -0.2) is 19.2 Å². The molecule has 2 aromatic carbocycles. The van der Waals surface area contributed by atoms with Gasteiger partial charge in [-0.05, 0) is 55.9 Å². The first-order chi connectivity index (χ1) is 19.1. The lowest BCUT2D eigenvalue weighted by Crippen LogP contribution is -2.45. The molecule has 0 atom stereocenters. The van der Waals surface area contributed by atoms with Crippen molar-refractivity contribution < 1.29 is 40.6 Å². The summed E-state index contributed by atoms with van der Waals surface area (Å²) in [7, 11) is 3.37. The first kappa shape index (κ1) is 31.7. The lowest BCUT2D eigenvalue weighted by molar-refractivity contribution is -0.143. The number of carboxylic acids is 1. The number of hydrogen-bond acceptors (Lipinski definition) is 5. The highest BCUT2D eigenvalue weighted by Crippen LogP contribution is 2.36. The minimum atomic E-state index is -4.80. The van der Waals surface area contributed by atoms with E-state index < -0.39 is 29.4 Å². The highest BCUT2D eigenvalue weighted by molar-refractivity contribution is 5.95. The number of carbonyl (C=O) groups is 1. The zero-order valence-corrected chi connectivity index (χ0v) is 22.3. The molecule has 4 rings (SSSR count). The molecule has 0 radical (unpaired) electrons. The van der Waals surface area contributed by atoms with E-state index in [0.717, 1.165) is 26.2 Å². The molecule has 2 heterocycles. The summed E-state index contributed by atoms with van der Waals surface area (Å²) < 4.78 is 87.6. The van der Waals surface area contributed by atoms with Crippen LogP contribution in [0.2, 0.25) is 0 Å². The minimum absolute atomic E-state index is 0.0163. The third kappa shape index (κ3) is 8.36. The van der Waals surface area contributed by atoms with Crippen LogP contribution in [-0.4, -0.2) is 66.2 Å². The second kappa shape index (κ2) is 12.8. The molecule has 1 aliphatic rings. The molecule has 1 fully saturated rings. The predicted octanol–water partition coefficient (Wildman–Crippen LogP) is 6.27. The molecule has 1 N–H and O–H groups in total. The van der Waals surface area contributed by atoms with Crippen molar-refractivity contribution in [2.75, 3.05) is 45.2 Å². The Morgan fingerprint density at radius 1 is 0.976 bits per heavy atom. The number of hydrogen-bond donors (Lipinski definition) is 1. The third-order valence-corrected chi connectivity index (χ3v) is 6.22. The molecule has 0 unspecified atom stereocenters. The highest BCUT2D eigenvalue weighted by atomic mass is 19.4. The molecule has 0 spiro atoms. The van der Waals surface area contributed by atoms with E-state index in [2.05, 4.69) is 27.2 Å². The molecule has 0 saturated carbocycles. The van der Waals surface area contributed by atoms with Crippen LogP contribution in [0.25, 0.3) is 16.6 Å². The van der Waals surface area contributed by atoms with E-state index in [1.165, 1.54) is 25.4 Å². The number of benzene rings is 2. The summed E-state index contributed by atoms with van der Waals surface area (Å²) in [5, 5.41) is 13.0. The van der Waals surface area contributed by atoms with Crippen molar-refractivity contribution in [3.05, 3.63) is 81.5 Å². The Kier molecular flexibility index (Phi) is 9.92. The lowest BCUT2D eigenvalue weighted by atomic mass is 10.0. The molecule has 222 valence electrons. The number of aryl methyl sites for hydroxylation is 1. The maximum absolute atomic E-state index is 13.4. The number of aromatic carboxylic acids is 1. The van der Waals surface area contributed by atoms with Gasteiger partial charge in [0, 0.05) is 37.9 Å². The van der Waals surface area contributed by atoms with Gasteiger partial charge in [-0.3, -0.25) is 0 Å².